The fourth-order valence-corrected chi connectivity index (χ4v) is 1.47. The summed E-state index contributed by atoms with van der Waals surface area (Å²) in [6.45, 7) is 0. The van der Waals surface area contributed by atoms with Gasteiger partial charge in [-0.05, 0) is 40.8 Å². The number of hydrogen-bond donors (Lipinski definition) is 1. The zero-order chi connectivity index (χ0) is 11.4. The van der Waals surface area contributed by atoms with Gasteiger partial charge in [0.25, 0.3) is 0 Å². The molecule has 2 rings (SSSR count). The molecule has 1 N–H and O–H groups in total. The van der Waals surface area contributed by atoms with E-state index in [0.717, 1.165) is 8.55 Å². The van der Waals surface area contributed by atoms with Crippen LogP contribution in [-0.4, -0.2) is 16.0 Å². The average molecular weight is 329 g/mol. The Bertz CT molecular complexity index is 484. The van der Waals surface area contributed by atoms with Crippen LogP contribution in [0.4, 0.5) is 10.5 Å². The Morgan fingerprint density at radius 2 is 2.06 bits per heavy atom. The molecule has 0 aliphatic carbocycles. The van der Waals surface area contributed by atoms with Gasteiger partial charge < -0.3 is 0 Å². The zero-order valence-electron chi connectivity index (χ0n) is 8.13. The molecule has 82 valence electrons. The first-order chi connectivity index (χ1) is 7.75. The van der Waals surface area contributed by atoms with E-state index >= 15 is 0 Å². The van der Waals surface area contributed by atoms with Crippen molar-refractivity contribution in [2.45, 2.75) is 0 Å². The number of carbonyl (C=O) groups is 1. The van der Waals surface area contributed by atoms with Crippen LogP contribution in [0.15, 0.2) is 42.6 Å². The SMILES string of the molecule is O=C(Nc1ccccc1)On1nccc1I. The monoisotopic (exact) mass is 329 g/mol. The van der Waals surface area contributed by atoms with Crippen LogP contribution >= 0.6 is 22.6 Å². The van der Waals surface area contributed by atoms with Gasteiger partial charge in [-0.1, -0.05) is 23.0 Å². The van der Waals surface area contributed by atoms with Crippen LogP contribution in [0.5, 0.6) is 0 Å². The molecule has 1 heterocycles. The molecule has 0 radical (unpaired) electrons. The molecule has 0 spiro atoms. The van der Waals surface area contributed by atoms with E-state index < -0.39 is 6.09 Å². The summed E-state index contributed by atoms with van der Waals surface area (Å²) in [6, 6.07) is 10.8. The van der Waals surface area contributed by atoms with Crippen molar-refractivity contribution in [3.63, 3.8) is 0 Å². The first-order valence-electron chi connectivity index (χ1n) is 4.49. The van der Waals surface area contributed by atoms with Gasteiger partial charge in [-0.15, -0.1) is 5.10 Å². The van der Waals surface area contributed by atoms with Crippen LogP contribution in [-0.2, 0) is 0 Å². The predicted octanol–water partition coefficient (Wildman–Crippen LogP) is 2.15. The second kappa shape index (κ2) is 4.97. The number of nitrogens with one attached hydrogen (secondary N) is 1. The normalized spacial score (nSPS) is 9.81. The molecule has 6 heteroatoms. The molecule has 0 bridgehead atoms. The maximum absolute atomic E-state index is 11.4. The third-order valence-electron chi connectivity index (χ3n) is 1.76. The number of benzene rings is 1. The fourth-order valence-electron chi connectivity index (χ4n) is 1.08. The van der Waals surface area contributed by atoms with Gasteiger partial charge in [0.15, 0.2) is 0 Å². The molecule has 0 fully saturated rings. The minimum absolute atomic E-state index is 0.576. The van der Waals surface area contributed by atoms with Gasteiger partial charge in [0, 0.05) is 5.69 Å². The van der Waals surface area contributed by atoms with Crippen molar-refractivity contribution in [3.8, 4) is 0 Å². The summed E-state index contributed by atoms with van der Waals surface area (Å²) in [5, 5.41) is 6.41. The molecular formula is C10H8IN3O2. The molecule has 0 saturated heterocycles. The largest absolute Gasteiger partial charge is 0.437 e. The number of anilines is 1. The first-order valence-corrected chi connectivity index (χ1v) is 5.57. The van der Waals surface area contributed by atoms with E-state index in [1.165, 1.54) is 0 Å². The lowest BCUT2D eigenvalue weighted by atomic mass is 10.3. The molecule has 1 amide bonds. The Balaban J connectivity index is 1.98. The molecule has 5 nitrogen and oxygen atoms in total. The van der Waals surface area contributed by atoms with E-state index in [1.807, 2.05) is 40.8 Å². The minimum Gasteiger partial charge on any atom is -0.298 e. The van der Waals surface area contributed by atoms with Crippen LogP contribution in [0, 0.1) is 3.70 Å². The summed E-state index contributed by atoms with van der Waals surface area (Å²) in [6.07, 6.45) is 0.977. The Hall–Kier alpha value is -1.57. The van der Waals surface area contributed by atoms with Crippen LogP contribution in [0.3, 0.4) is 0 Å². The third-order valence-corrected chi connectivity index (χ3v) is 2.53. The predicted molar refractivity (Wildman–Crippen MR) is 67.0 cm³/mol. The summed E-state index contributed by atoms with van der Waals surface area (Å²) in [4.78, 5) is 17.5. The van der Waals surface area contributed by atoms with Crippen molar-refractivity contribution in [3.05, 3.63) is 46.3 Å². The van der Waals surface area contributed by atoms with E-state index in [1.54, 1.807) is 24.4 Å². The second-order valence-electron chi connectivity index (χ2n) is 2.90. The quantitative estimate of drug-likeness (QED) is 0.859. The van der Waals surface area contributed by atoms with Crippen molar-refractivity contribution >= 4 is 34.4 Å². The van der Waals surface area contributed by atoms with Crippen molar-refractivity contribution < 1.29 is 9.63 Å². The van der Waals surface area contributed by atoms with Gasteiger partial charge in [0.1, 0.15) is 3.70 Å². The molecule has 0 aliphatic heterocycles. The minimum atomic E-state index is -0.576. The molecular weight excluding hydrogens is 321 g/mol. The summed E-state index contributed by atoms with van der Waals surface area (Å²) in [5.41, 5.74) is 0.676. The van der Waals surface area contributed by atoms with Gasteiger partial charge in [-0.2, -0.15) is 0 Å². The maximum Gasteiger partial charge on any atom is 0.437 e. The number of halogens is 1. The fraction of sp³-hybridized carbons (Fsp3) is 0. The number of carbonyl (C=O) groups excluding carboxylic acids is 1. The van der Waals surface area contributed by atoms with Gasteiger partial charge in [0.05, 0.1) is 6.20 Å². The van der Waals surface area contributed by atoms with Gasteiger partial charge in [0.2, 0.25) is 0 Å². The van der Waals surface area contributed by atoms with E-state index in [9.17, 15) is 4.79 Å². The molecule has 1 aromatic carbocycles. The molecule has 2 aromatic rings. The highest BCUT2D eigenvalue weighted by Gasteiger charge is 2.06. The van der Waals surface area contributed by atoms with Crippen LogP contribution < -0.4 is 10.2 Å². The number of nitrogens with zero attached hydrogens (tertiary/aromatic N) is 2. The zero-order valence-corrected chi connectivity index (χ0v) is 10.3. The van der Waals surface area contributed by atoms with Crippen LogP contribution in [0.1, 0.15) is 0 Å². The van der Waals surface area contributed by atoms with Crippen LogP contribution in [0.2, 0.25) is 0 Å². The molecule has 0 saturated carbocycles. The third kappa shape index (κ3) is 2.72. The highest BCUT2D eigenvalue weighted by atomic mass is 127. The second-order valence-corrected chi connectivity index (χ2v) is 4.00. The smallest absolute Gasteiger partial charge is 0.298 e. The highest BCUT2D eigenvalue weighted by molar-refractivity contribution is 14.1. The first kappa shape index (κ1) is 10.9. The number of rotatable bonds is 2. The van der Waals surface area contributed by atoms with E-state index in [-0.39, 0.29) is 0 Å². The summed E-state index contributed by atoms with van der Waals surface area (Å²) in [5.74, 6) is 0. The number of aromatic nitrogens is 2. The van der Waals surface area contributed by atoms with Gasteiger partial charge >= 0.3 is 6.09 Å². The Morgan fingerprint density at radius 3 is 2.69 bits per heavy atom. The van der Waals surface area contributed by atoms with Crippen molar-refractivity contribution in [1.82, 2.24) is 9.94 Å². The lowest BCUT2D eigenvalue weighted by molar-refractivity contribution is 0.126. The van der Waals surface area contributed by atoms with E-state index in [0.29, 0.717) is 5.69 Å². The standard InChI is InChI=1S/C10H8IN3O2/c11-9-6-7-12-14(9)16-10(15)13-8-4-2-1-3-5-8/h1-7H,(H,13,15). The Labute approximate surface area is 106 Å². The average Bonchev–Trinajstić information content (AvgIpc) is 2.66. The highest BCUT2D eigenvalue weighted by Crippen LogP contribution is 2.05. The molecule has 0 atom stereocenters. The van der Waals surface area contributed by atoms with Crippen molar-refractivity contribution in [2.24, 2.45) is 0 Å². The lowest BCUT2D eigenvalue weighted by Gasteiger charge is -2.05. The molecule has 1 aromatic heterocycles. The van der Waals surface area contributed by atoms with Gasteiger partial charge in [-0.25, -0.2) is 4.79 Å². The van der Waals surface area contributed by atoms with Crippen molar-refractivity contribution in [2.75, 3.05) is 5.32 Å². The number of amides is 1. The summed E-state index contributed by atoms with van der Waals surface area (Å²) in [7, 11) is 0. The topological polar surface area (TPSA) is 56.1 Å². The number of para-hydroxylation sites is 1. The summed E-state index contributed by atoms with van der Waals surface area (Å²) < 4.78 is 0.723. The number of hydrogen-bond acceptors (Lipinski definition) is 3. The van der Waals surface area contributed by atoms with Gasteiger partial charge in [-0.3, -0.25) is 10.2 Å². The molecule has 16 heavy (non-hydrogen) atoms. The van der Waals surface area contributed by atoms with E-state index in [4.69, 9.17) is 4.84 Å². The lowest BCUT2D eigenvalue weighted by Crippen LogP contribution is -2.26. The van der Waals surface area contributed by atoms with E-state index in [2.05, 4.69) is 10.4 Å². The Morgan fingerprint density at radius 1 is 1.31 bits per heavy atom. The molecule has 0 aliphatic rings. The summed E-state index contributed by atoms with van der Waals surface area (Å²) >= 11 is 2.02. The van der Waals surface area contributed by atoms with Crippen molar-refractivity contribution in [1.29, 1.82) is 0 Å². The molecule has 0 unspecified atom stereocenters. The van der Waals surface area contributed by atoms with Crippen LogP contribution in [0.25, 0.3) is 0 Å². The Kier molecular flexibility index (Phi) is 3.40. The maximum atomic E-state index is 11.4.